The molecular formula is C38H63BrN2O3. The van der Waals surface area contributed by atoms with E-state index < -0.39 is 0 Å². The average Bonchev–Trinajstić information content (AvgIpc) is 3.30. The van der Waals surface area contributed by atoms with E-state index in [0.29, 0.717) is 45.6 Å². The van der Waals surface area contributed by atoms with E-state index in [4.69, 9.17) is 9.47 Å². The molecule has 5 aliphatic carbocycles. The molecule has 4 bridgehead atoms. The van der Waals surface area contributed by atoms with Crippen LogP contribution < -0.4 is 17.0 Å². The number of hydrogen-bond donors (Lipinski definition) is 0. The fraction of sp³-hybridized carbons (Fsp3) is 0.974. The third-order valence-electron chi connectivity index (χ3n) is 17.5. The summed E-state index contributed by atoms with van der Waals surface area (Å²) in [5.74, 6) is 3.04. The van der Waals surface area contributed by atoms with Crippen molar-refractivity contribution in [2.75, 3.05) is 52.4 Å². The van der Waals surface area contributed by atoms with Gasteiger partial charge < -0.3 is 30.9 Å². The van der Waals surface area contributed by atoms with E-state index in [0.717, 1.165) is 74.5 Å². The number of carbonyl (C=O) groups is 1. The van der Waals surface area contributed by atoms with Gasteiger partial charge in [0, 0.05) is 25.0 Å². The lowest BCUT2D eigenvalue weighted by Gasteiger charge is -2.73. The van der Waals surface area contributed by atoms with Gasteiger partial charge in [0.25, 0.3) is 0 Å². The van der Waals surface area contributed by atoms with Crippen molar-refractivity contribution in [1.82, 2.24) is 4.90 Å². The molecule has 0 spiro atoms. The van der Waals surface area contributed by atoms with Crippen molar-refractivity contribution in [3.63, 3.8) is 0 Å². The van der Waals surface area contributed by atoms with Crippen molar-refractivity contribution < 1.29 is 35.7 Å². The number of carbonyl (C=O) groups excluding carboxylic acids is 1. The van der Waals surface area contributed by atoms with Crippen LogP contribution >= 0.6 is 0 Å². The van der Waals surface area contributed by atoms with E-state index >= 15 is 0 Å². The maximum absolute atomic E-state index is 13.5. The highest BCUT2D eigenvalue weighted by atomic mass is 79.9. The van der Waals surface area contributed by atoms with Gasteiger partial charge in [0.15, 0.2) is 6.54 Å². The first-order chi connectivity index (χ1) is 20.2. The van der Waals surface area contributed by atoms with Crippen molar-refractivity contribution in [2.45, 2.75) is 125 Å². The zero-order valence-electron chi connectivity index (χ0n) is 29.2. The van der Waals surface area contributed by atoms with Gasteiger partial charge >= 0.3 is 5.97 Å². The van der Waals surface area contributed by atoms with Crippen LogP contribution in [0.15, 0.2) is 0 Å². The quantitative estimate of drug-likeness (QED) is 0.336. The Morgan fingerprint density at radius 3 is 2.18 bits per heavy atom. The second-order valence-electron chi connectivity index (χ2n) is 19.6. The molecule has 44 heavy (non-hydrogen) atoms. The summed E-state index contributed by atoms with van der Waals surface area (Å²) in [5.41, 5.74) is 1.92. The minimum absolute atomic E-state index is 0. The Balaban J connectivity index is 0.00000312. The van der Waals surface area contributed by atoms with Gasteiger partial charge in [-0.3, -0.25) is 4.90 Å². The van der Waals surface area contributed by atoms with Crippen molar-refractivity contribution in [2.24, 2.45) is 56.2 Å². The van der Waals surface area contributed by atoms with Crippen LogP contribution in [0, 0.1) is 56.2 Å². The molecule has 4 saturated heterocycles. The first-order valence-electron chi connectivity index (χ1n) is 18.6. The normalized spacial score (nSPS) is 54.6. The van der Waals surface area contributed by atoms with Crippen molar-refractivity contribution in [3.05, 3.63) is 0 Å². The summed E-state index contributed by atoms with van der Waals surface area (Å²) in [6.45, 7) is 26.6. The van der Waals surface area contributed by atoms with E-state index in [1.54, 1.807) is 0 Å². The van der Waals surface area contributed by atoms with E-state index in [-0.39, 0.29) is 34.5 Å². The summed E-state index contributed by atoms with van der Waals surface area (Å²) in [6, 6.07) is 0. The summed E-state index contributed by atoms with van der Waals surface area (Å²) < 4.78 is 14.3. The van der Waals surface area contributed by atoms with Gasteiger partial charge in [0.2, 0.25) is 0 Å². The highest BCUT2D eigenvalue weighted by molar-refractivity contribution is 5.71. The minimum atomic E-state index is 0. The van der Waals surface area contributed by atoms with Gasteiger partial charge in [-0.05, 0) is 115 Å². The molecule has 0 aromatic rings. The Morgan fingerprint density at radius 2 is 1.48 bits per heavy atom. The van der Waals surface area contributed by atoms with Crippen molar-refractivity contribution in [1.29, 1.82) is 0 Å². The van der Waals surface area contributed by atoms with E-state index in [1.165, 1.54) is 57.8 Å². The lowest BCUT2D eigenvalue weighted by atomic mass is 9.31. The summed E-state index contributed by atoms with van der Waals surface area (Å²) in [5, 5.41) is 0. The predicted molar refractivity (Wildman–Crippen MR) is 170 cm³/mol. The molecule has 5 saturated carbocycles. The van der Waals surface area contributed by atoms with Gasteiger partial charge in [-0.15, -0.1) is 0 Å². The number of fused-ring (bicyclic) bond motifs is 8. The number of piperazine rings is 3. The molecule has 9 rings (SSSR count). The third kappa shape index (κ3) is 4.20. The van der Waals surface area contributed by atoms with Crippen LogP contribution in [0.2, 0.25) is 0 Å². The van der Waals surface area contributed by atoms with Gasteiger partial charge in [0.05, 0.1) is 32.3 Å². The van der Waals surface area contributed by atoms with E-state index in [1.807, 2.05) is 0 Å². The molecular weight excluding hydrogens is 612 g/mol. The monoisotopic (exact) mass is 674 g/mol. The number of nitrogens with zero attached hydrogens (tertiary/aromatic N) is 2. The molecule has 4 aliphatic heterocycles. The van der Waals surface area contributed by atoms with Gasteiger partial charge in [-0.1, -0.05) is 48.5 Å². The Kier molecular flexibility index (Phi) is 7.49. The standard InChI is InChI=1S/C38H63N2O3.BrH/c1-33(2)14-16-38-17-15-36(6)26(31(38)32(33)42-25-38)8-9-28-35(5)12-11-29(34(3,4)27(35)10-13-37(28,36)7)43-30(41)24-40-21-18-39(19-22-40)20-23-40;/h26-29,31-32H,8-25H2,1-7H3;1H/q+1;/p-1/t26?,27?,28?,29-,31?,32+,35-,36+,37+,38+;/m0./s1. The molecule has 9 aliphatic rings. The first-order valence-corrected chi connectivity index (χ1v) is 18.6. The molecule has 4 heterocycles. The van der Waals surface area contributed by atoms with Crippen LogP contribution in [0.1, 0.15) is 113 Å². The Hall–Kier alpha value is -0.170. The van der Waals surface area contributed by atoms with Gasteiger partial charge in [-0.2, -0.15) is 0 Å². The molecule has 0 N–H and O–H groups in total. The maximum atomic E-state index is 13.5. The lowest BCUT2D eigenvalue weighted by Crippen LogP contribution is -3.00. The molecule has 0 aromatic heterocycles. The number of hydrogen-bond acceptors (Lipinski definition) is 4. The molecule has 9 fully saturated rings. The van der Waals surface area contributed by atoms with Crippen LogP contribution in [-0.4, -0.2) is 80.0 Å². The average molecular weight is 676 g/mol. The first kappa shape index (κ1) is 32.4. The number of quaternary nitrogens is 1. The summed E-state index contributed by atoms with van der Waals surface area (Å²) in [6.07, 6.45) is 13.7. The highest BCUT2D eigenvalue weighted by Crippen LogP contribution is 2.78. The number of esters is 1. The zero-order chi connectivity index (χ0) is 30.3. The molecule has 0 aromatic carbocycles. The summed E-state index contributed by atoms with van der Waals surface area (Å²) in [4.78, 5) is 16.1. The summed E-state index contributed by atoms with van der Waals surface area (Å²) >= 11 is 0. The SMILES string of the molecule is CC1(C)CC[C@]23CC[C@]4(C)C(CCC5[C@@]6(C)CC[C@H](OC(=O)C[N+]78CCN(CC7)CC8)C(C)(C)C6CC[C@]54C)C2[C@H]1OC3.[Br-]. The van der Waals surface area contributed by atoms with Crippen LogP contribution in [-0.2, 0) is 14.3 Å². The second-order valence-corrected chi connectivity index (χ2v) is 19.6. The molecule has 250 valence electrons. The third-order valence-corrected chi connectivity index (χ3v) is 17.5. The van der Waals surface area contributed by atoms with E-state index in [9.17, 15) is 4.79 Å². The fourth-order valence-electron chi connectivity index (χ4n) is 14.6. The largest absolute Gasteiger partial charge is 1.00 e. The van der Waals surface area contributed by atoms with E-state index in [2.05, 4.69) is 53.4 Å². The van der Waals surface area contributed by atoms with Gasteiger partial charge in [0.1, 0.15) is 6.10 Å². The second kappa shape index (κ2) is 10.2. The molecule has 5 nitrogen and oxygen atoms in total. The Bertz CT molecular complexity index is 1150. The number of rotatable bonds is 3. The maximum Gasteiger partial charge on any atom is 0.362 e. The highest BCUT2D eigenvalue weighted by Gasteiger charge is 2.73. The fourth-order valence-corrected chi connectivity index (χ4v) is 14.6. The number of halogens is 1. The molecule has 4 unspecified atom stereocenters. The smallest absolute Gasteiger partial charge is 0.362 e. The van der Waals surface area contributed by atoms with Gasteiger partial charge in [-0.25, -0.2) is 4.79 Å². The van der Waals surface area contributed by atoms with Crippen LogP contribution in [0.5, 0.6) is 0 Å². The summed E-state index contributed by atoms with van der Waals surface area (Å²) in [7, 11) is 0. The molecule has 10 atom stereocenters. The molecule has 0 radical (unpaired) electrons. The molecule has 0 amide bonds. The van der Waals surface area contributed by atoms with Crippen LogP contribution in [0.4, 0.5) is 0 Å². The van der Waals surface area contributed by atoms with Crippen LogP contribution in [0.25, 0.3) is 0 Å². The molecule has 6 heteroatoms. The van der Waals surface area contributed by atoms with Crippen molar-refractivity contribution in [3.8, 4) is 0 Å². The Morgan fingerprint density at radius 1 is 0.795 bits per heavy atom. The predicted octanol–water partition coefficient (Wildman–Crippen LogP) is 3.94. The zero-order valence-corrected chi connectivity index (χ0v) is 30.8. The minimum Gasteiger partial charge on any atom is -1.00 e. The van der Waals surface area contributed by atoms with Crippen LogP contribution in [0.3, 0.4) is 0 Å². The topological polar surface area (TPSA) is 38.8 Å². The lowest BCUT2D eigenvalue weighted by molar-refractivity contribution is -0.934. The number of ether oxygens (including phenoxy) is 2. The Labute approximate surface area is 279 Å². The van der Waals surface area contributed by atoms with Crippen molar-refractivity contribution >= 4 is 5.97 Å².